The zero-order chi connectivity index (χ0) is 18.5. The number of furan rings is 1. The lowest BCUT2D eigenvalue weighted by atomic mass is 9.92. The third kappa shape index (κ3) is 4.16. The van der Waals surface area contributed by atoms with E-state index >= 15 is 0 Å². The monoisotopic (exact) mass is 367 g/mol. The topological polar surface area (TPSA) is 95.1 Å². The van der Waals surface area contributed by atoms with Gasteiger partial charge < -0.3 is 15.1 Å². The number of amides is 2. The van der Waals surface area contributed by atoms with E-state index in [1.165, 1.54) is 0 Å². The van der Waals surface area contributed by atoms with Crippen molar-refractivity contribution in [2.75, 3.05) is 11.1 Å². The van der Waals surface area contributed by atoms with Crippen molar-refractivity contribution in [1.29, 1.82) is 5.26 Å². The molecule has 1 aromatic heterocycles. The van der Waals surface area contributed by atoms with Crippen LogP contribution in [0.4, 0.5) is 5.69 Å². The predicted molar refractivity (Wildman–Crippen MR) is 99.1 cm³/mol. The highest BCUT2D eigenvalue weighted by atomic mass is 32.2. The predicted octanol–water partition coefficient (Wildman–Crippen LogP) is 3.30. The van der Waals surface area contributed by atoms with Crippen LogP contribution in [0.15, 0.2) is 57.5 Å². The molecule has 3 rings (SSSR count). The van der Waals surface area contributed by atoms with Crippen LogP contribution in [0.1, 0.15) is 23.9 Å². The summed E-state index contributed by atoms with van der Waals surface area (Å²) in [6.45, 7) is 1.81. The highest BCUT2D eigenvalue weighted by Crippen LogP contribution is 2.36. The summed E-state index contributed by atoms with van der Waals surface area (Å²) in [5, 5.41) is 15.5. The Labute approximate surface area is 155 Å². The van der Waals surface area contributed by atoms with E-state index < -0.39 is 5.92 Å². The molecule has 0 saturated heterocycles. The van der Waals surface area contributed by atoms with Crippen LogP contribution in [-0.4, -0.2) is 17.6 Å². The molecule has 0 aliphatic carbocycles. The minimum atomic E-state index is -0.429. The van der Waals surface area contributed by atoms with Gasteiger partial charge in [-0.1, -0.05) is 30.0 Å². The van der Waals surface area contributed by atoms with Crippen LogP contribution < -0.4 is 10.6 Å². The molecule has 0 unspecified atom stereocenters. The molecule has 1 atom stereocenters. The summed E-state index contributed by atoms with van der Waals surface area (Å²) >= 11 is 1.14. The first-order chi connectivity index (χ1) is 12.6. The van der Waals surface area contributed by atoms with Crippen LogP contribution in [0.25, 0.3) is 0 Å². The lowest BCUT2D eigenvalue weighted by Gasteiger charge is -2.23. The molecule has 0 radical (unpaired) electrons. The molecule has 2 amide bonds. The lowest BCUT2D eigenvalue weighted by molar-refractivity contribution is -0.121. The number of allylic oxidation sites excluding steroid dienone is 1. The van der Waals surface area contributed by atoms with Crippen LogP contribution >= 0.6 is 11.8 Å². The summed E-state index contributed by atoms with van der Waals surface area (Å²) in [5.41, 5.74) is 1.11. The number of rotatable bonds is 5. The van der Waals surface area contributed by atoms with Crippen LogP contribution in [0, 0.1) is 18.3 Å². The largest absolute Gasteiger partial charge is 0.466 e. The summed E-state index contributed by atoms with van der Waals surface area (Å²) in [6.07, 6.45) is 0.149. The summed E-state index contributed by atoms with van der Waals surface area (Å²) < 4.78 is 5.60. The highest BCUT2D eigenvalue weighted by molar-refractivity contribution is 8.03. The van der Waals surface area contributed by atoms with Crippen molar-refractivity contribution in [1.82, 2.24) is 5.32 Å². The standard InChI is InChI=1S/C19H17N3O3S/c1-12-7-8-16(25-12)14-9-17(23)22-19(15(14)10-20)26-11-18(24)21-13-5-3-2-4-6-13/h2-8,14H,9,11H2,1H3,(H,21,24)(H,22,23)/t14-/m1/s1. The van der Waals surface area contributed by atoms with E-state index in [1.54, 1.807) is 24.3 Å². The molecule has 0 saturated carbocycles. The van der Waals surface area contributed by atoms with Crippen LogP contribution in [0.5, 0.6) is 0 Å². The number of aryl methyl sites for hydroxylation is 1. The Hall–Kier alpha value is -2.98. The maximum Gasteiger partial charge on any atom is 0.234 e. The zero-order valence-corrected chi connectivity index (χ0v) is 14.9. The molecule has 0 bridgehead atoms. The van der Waals surface area contributed by atoms with E-state index in [1.807, 2.05) is 25.1 Å². The van der Waals surface area contributed by atoms with E-state index in [2.05, 4.69) is 16.7 Å². The Morgan fingerprint density at radius 3 is 2.77 bits per heavy atom. The number of nitrogens with one attached hydrogen (secondary N) is 2. The average molecular weight is 367 g/mol. The van der Waals surface area contributed by atoms with Gasteiger partial charge >= 0.3 is 0 Å². The number of anilines is 1. The normalized spacial score (nSPS) is 16.8. The highest BCUT2D eigenvalue weighted by Gasteiger charge is 2.31. The number of nitriles is 1. The van der Waals surface area contributed by atoms with E-state index in [0.717, 1.165) is 17.5 Å². The fraction of sp³-hybridized carbons (Fsp3) is 0.211. The molecule has 26 heavy (non-hydrogen) atoms. The number of carbonyl (C=O) groups excluding carboxylic acids is 2. The molecular weight excluding hydrogens is 350 g/mol. The Morgan fingerprint density at radius 2 is 2.12 bits per heavy atom. The van der Waals surface area contributed by atoms with Crippen LogP contribution in [0.2, 0.25) is 0 Å². The maximum absolute atomic E-state index is 12.1. The van der Waals surface area contributed by atoms with Crippen molar-refractivity contribution in [2.24, 2.45) is 0 Å². The summed E-state index contributed by atoms with van der Waals surface area (Å²) in [4.78, 5) is 24.2. The number of thioether (sulfide) groups is 1. The molecule has 2 heterocycles. The van der Waals surface area contributed by atoms with E-state index in [4.69, 9.17) is 4.42 Å². The summed E-state index contributed by atoms with van der Waals surface area (Å²) in [7, 11) is 0. The molecule has 1 aromatic carbocycles. The number of para-hydroxylation sites is 1. The summed E-state index contributed by atoms with van der Waals surface area (Å²) in [5.74, 6) is 0.548. The Balaban J connectivity index is 1.73. The number of benzene rings is 1. The van der Waals surface area contributed by atoms with Gasteiger partial charge in [-0.2, -0.15) is 5.26 Å². The number of hydrogen-bond acceptors (Lipinski definition) is 5. The smallest absolute Gasteiger partial charge is 0.234 e. The molecule has 2 aromatic rings. The average Bonchev–Trinajstić information content (AvgIpc) is 3.06. The van der Waals surface area contributed by atoms with Gasteiger partial charge in [-0.25, -0.2) is 0 Å². The molecule has 6 nitrogen and oxygen atoms in total. The molecule has 2 N–H and O–H groups in total. The SMILES string of the molecule is Cc1ccc([C@@H]2CC(=O)NC(SCC(=O)Nc3ccccc3)=C2C#N)o1. The third-order valence-corrected chi connectivity index (χ3v) is 4.88. The number of nitrogens with zero attached hydrogens (tertiary/aromatic N) is 1. The van der Waals surface area contributed by atoms with Gasteiger partial charge in [0.2, 0.25) is 11.8 Å². The van der Waals surface area contributed by atoms with Gasteiger partial charge in [0.15, 0.2) is 0 Å². The molecule has 1 aliphatic rings. The first-order valence-corrected chi connectivity index (χ1v) is 9.03. The number of carbonyl (C=O) groups is 2. The third-order valence-electron chi connectivity index (χ3n) is 3.87. The van der Waals surface area contributed by atoms with Crippen molar-refractivity contribution >= 4 is 29.3 Å². The van der Waals surface area contributed by atoms with Gasteiger partial charge in [0, 0.05) is 12.1 Å². The van der Waals surface area contributed by atoms with Gasteiger partial charge in [0.25, 0.3) is 0 Å². The Kier molecular flexibility index (Phi) is 5.44. The van der Waals surface area contributed by atoms with Crippen molar-refractivity contribution in [2.45, 2.75) is 19.3 Å². The fourth-order valence-electron chi connectivity index (χ4n) is 2.67. The van der Waals surface area contributed by atoms with Crippen LogP contribution in [-0.2, 0) is 9.59 Å². The molecule has 132 valence electrons. The van der Waals surface area contributed by atoms with Crippen LogP contribution in [0.3, 0.4) is 0 Å². The molecule has 0 spiro atoms. The second-order valence-electron chi connectivity index (χ2n) is 5.81. The second-order valence-corrected chi connectivity index (χ2v) is 6.80. The zero-order valence-electron chi connectivity index (χ0n) is 14.1. The first-order valence-electron chi connectivity index (χ1n) is 8.05. The minimum Gasteiger partial charge on any atom is -0.466 e. The van der Waals surface area contributed by atoms with Crippen molar-refractivity contribution in [3.8, 4) is 6.07 Å². The Bertz CT molecular complexity index is 896. The lowest BCUT2D eigenvalue weighted by Crippen LogP contribution is -2.31. The minimum absolute atomic E-state index is 0.0829. The fourth-order valence-corrected chi connectivity index (χ4v) is 3.55. The van der Waals surface area contributed by atoms with Gasteiger partial charge in [-0.3, -0.25) is 9.59 Å². The van der Waals surface area contributed by atoms with Gasteiger partial charge in [-0.05, 0) is 31.2 Å². The first kappa shape index (κ1) is 17.8. The van der Waals surface area contributed by atoms with E-state index in [9.17, 15) is 14.9 Å². The molecule has 7 heteroatoms. The summed E-state index contributed by atoms with van der Waals surface area (Å²) in [6, 6.07) is 14.8. The van der Waals surface area contributed by atoms with E-state index in [0.29, 0.717) is 22.0 Å². The molecule has 0 fully saturated rings. The van der Waals surface area contributed by atoms with Crippen molar-refractivity contribution < 1.29 is 14.0 Å². The van der Waals surface area contributed by atoms with Gasteiger partial charge in [0.1, 0.15) is 11.5 Å². The molecule has 1 aliphatic heterocycles. The van der Waals surface area contributed by atoms with E-state index in [-0.39, 0.29) is 24.0 Å². The molecular formula is C19H17N3O3S. The van der Waals surface area contributed by atoms with Crippen molar-refractivity contribution in [3.05, 3.63) is 64.6 Å². The van der Waals surface area contributed by atoms with Crippen molar-refractivity contribution in [3.63, 3.8) is 0 Å². The Morgan fingerprint density at radius 1 is 1.35 bits per heavy atom. The second kappa shape index (κ2) is 7.93. The maximum atomic E-state index is 12.1. The van der Waals surface area contributed by atoms with Gasteiger partial charge in [0.05, 0.1) is 28.3 Å². The van der Waals surface area contributed by atoms with Gasteiger partial charge in [-0.15, -0.1) is 0 Å². The number of hydrogen-bond donors (Lipinski definition) is 2. The quantitative estimate of drug-likeness (QED) is 0.845.